The van der Waals surface area contributed by atoms with E-state index in [1.165, 1.54) is 0 Å². The van der Waals surface area contributed by atoms with E-state index in [9.17, 15) is 9.59 Å². The van der Waals surface area contributed by atoms with Gasteiger partial charge in [-0.15, -0.1) is 0 Å². The van der Waals surface area contributed by atoms with Crippen LogP contribution in [0.1, 0.15) is 50.4 Å². The van der Waals surface area contributed by atoms with E-state index in [2.05, 4.69) is 15.5 Å². The van der Waals surface area contributed by atoms with Crippen LogP contribution in [0.15, 0.2) is 30.3 Å². The highest BCUT2D eigenvalue weighted by atomic mass is 16.2. The van der Waals surface area contributed by atoms with Crippen molar-refractivity contribution in [1.29, 1.82) is 0 Å². The molecule has 1 aromatic rings. The van der Waals surface area contributed by atoms with E-state index in [1.807, 2.05) is 51.1 Å². The molecule has 1 aromatic carbocycles. The molecule has 5 heteroatoms. The summed E-state index contributed by atoms with van der Waals surface area (Å²) in [6.45, 7) is 8.32. The minimum Gasteiger partial charge on any atom is -0.350 e. The van der Waals surface area contributed by atoms with Crippen LogP contribution in [0.25, 0.3) is 0 Å². The fourth-order valence-corrected chi connectivity index (χ4v) is 3.75. The van der Waals surface area contributed by atoms with Crippen molar-refractivity contribution in [2.24, 2.45) is 5.41 Å². The van der Waals surface area contributed by atoms with E-state index in [0.717, 1.165) is 37.9 Å². The lowest BCUT2D eigenvalue weighted by molar-refractivity contribution is -0.124. The molecule has 1 aliphatic heterocycles. The Labute approximate surface area is 150 Å². The monoisotopic (exact) mass is 343 g/mol. The van der Waals surface area contributed by atoms with Gasteiger partial charge < -0.3 is 10.6 Å². The van der Waals surface area contributed by atoms with Crippen LogP contribution in [-0.4, -0.2) is 47.9 Å². The molecular weight excluding hydrogens is 314 g/mol. The molecule has 136 valence electrons. The van der Waals surface area contributed by atoms with Crippen LogP contribution in [0, 0.1) is 5.41 Å². The highest BCUT2D eigenvalue weighted by Crippen LogP contribution is 2.53. The molecule has 1 saturated heterocycles. The molecule has 2 aliphatic rings. The first-order valence-electron chi connectivity index (χ1n) is 9.17. The van der Waals surface area contributed by atoms with Gasteiger partial charge in [0.05, 0.1) is 6.54 Å². The molecule has 1 unspecified atom stereocenters. The zero-order chi connectivity index (χ0) is 18.1. The summed E-state index contributed by atoms with van der Waals surface area (Å²) in [7, 11) is 0. The van der Waals surface area contributed by atoms with Gasteiger partial charge in [-0.3, -0.25) is 14.5 Å². The van der Waals surface area contributed by atoms with Crippen LogP contribution in [0.2, 0.25) is 0 Å². The van der Waals surface area contributed by atoms with Gasteiger partial charge in [0.1, 0.15) is 0 Å². The number of piperidine rings is 1. The normalized spacial score (nSPS) is 22.4. The number of rotatable bonds is 4. The van der Waals surface area contributed by atoms with Crippen LogP contribution in [0.3, 0.4) is 0 Å². The molecule has 2 amide bonds. The van der Waals surface area contributed by atoms with Gasteiger partial charge in [0.2, 0.25) is 5.91 Å². The average Bonchev–Trinajstić information content (AvgIpc) is 3.20. The standard InChI is InChI=1S/C20H29N3O2/c1-19(2,3)22-17(24)14-23-11-9-20(10-12-23)13-16(20)21-18(25)15-7-5-4-6-8-15/h4-8,16H,9-14H2,1-3H3,(H,21,25)(H,22,24). The van der Waals surface area contributed by atoms with Gasteiger partial charge >= 0.3 is 0 Å². The fourth-order valence-electron chi connectivity index (χ4n) is 3.75. The van der Waals surface area contributed by atoms with Crippen LogP contribution in [0.5, 0.6) is 0 Å². The van der Waals surface area contributed by atoms with Gasteiger partial charge in [0.25, 0.3) is 5.91 Å². The van der Waals surface area contributed by atoms with Crippen LogP contribution in [-0.2, 0) is 4.79 Å². The molecule has 25 heavy (non-hydrogen) atoms. The van der Waals surface area contributed by atoms with Crippen LogP contribution in [0.4, 0.5) is 0 Å². The molecule has 2 N–H and O–H groups in total. The first-order chi connectivity index (χ1) is 11.8. The minimum atomic E-state index is -0.183. The second-order valence-corrected chi connectivity index (χ2v) is 8.53. The molecule has 1 saturated carbocycles. The Morgan fingerprint density at radius 2 is 1.80 bits per heavy atom. The number of hydrogen-bond donors (Lipinski definition) is 2. The number of carbonyl (C=O) groups is 2. The van der Waals surface area contributed by atoms with Crippen LogP contribution >= 0.6 is 0 Å². The van der Waals surface area contributed by atoms with Crippen molar-refractivity contribution in [3.8, 4) is 0 Å². The summed E-state index contributed by atoms with van der Waals surface area (Å²) in [4.78, 5) is 26.6. The van der Waals surface area contributed by atoms with Crippen molar-refractivity contribution in [1.82, 2.24) is 15.5 Å². The van der Waals surface area contributed by atoms with E-state index in [4.69, 9.17) is 0 Å². The Balaban J connectivity index is 1.44. The average molecular weight is 343 g/mol. The van der Waals surface area contributed by atoms with Gasteiger partial charge in [0.15, 0.2) is 0 Å². The lowest BCUT2D eigenvalue weighted by atomic mass is 9.92. The predicted octanol–water partition coefficient (Wildman–Crippen LogP) is 2.19. The Kier molecular flexibility index (Phi) is 4.87. The molecule has 5 nitrogen and oxygen atoms in total. The summed E-state index contributed by atoms with van der Waals surface area (Å²) < 4.78 is 0. The maximum atomic E-state index is 12.3. The summed E-state index contributed by atoms with van der Waals surface area (Å²) in [5, 5.41) is 6.20. The molecule has 1 spiro atoms. The maximum Gasteiger partial charge on any atom is 0.251 e. The molecule has 1 heterocycles. The van der Waals surface area contributed by atoms with E-state index in [0.29, 0.717) is 6.54 Å². The van der Waals surface area contributed by atoms with Gasteiger partial charge in [-0.1, -0.05) is 18.2 Å². The topological polar surface area (TPSA) is 61.4 Å². The first kappa shape index (κ1) is 17.9. The van der Waals surface area contributed by atoms with E-state index in [1.54, 1.807) is 0 Å². The number of nitrogens with zero attached hydrogens (tertiary/aromatic N) is 1. The van der Waals surface area contributed by atoms with Crippen molar-refractivity contribution < 1.29 is 9.59 Å². The Bertz CT molecular complexity index is 628. The van der Waals surface area contributed by atoms with Crippen molar-refractivity contribution in [3.05, 3.63) is 35.9 Å². The quantitative estimate of drug-likeness (QED) is 0.881. The SMILES string of the molecule is CC(C)(C)NC(=O)CN1CCC2(CC1)CC2NC(=O)c1ccccc1. The van der Waals surface area contributed by atoms with Crippen LogP contribution < -0.4 is 10.6 Å². The summed E-state index contributed by atoms with van der Waals surface area (Å²) in [5.41, 5.74) is 0.791. The fraction of sp³-hybridized carbons (Fsp3) is 0.600. The molecule has 0 radical (unpaired) electrons. The second kappa shape index (κ2) is 6.79. The number of benzene rings is 1. The third-order valence-electron chi connectivity index (χ3n) is 5.26. The van der Waals surface area contributed by atoms with E-state index >= 15 is 0 Å². The number of nitrogens with one attached hydrogen (secondary N) is 2. The lowest BCUT2D eigenvalue weighted by Crippen LogP contribution is -2.48. The molecule has 2 fully saturated rings. The smallest absolute Gasteiger partial charge is 0.251 e. The Morgan fingerprint density at radius 3 is 2.40 bits per heavy atom. The summed E-state index contributed by atoms with van der Waals surface area (Å²) in [6, 6.07) is 9.67. The third-order valence-corrected chi connectivity index (χ3v) is 5.26. The largest absolute Gasteiger partial charge is 0.350 e. The van der Waals surface area contributed by atoms with Crippen molar-refractivity contribution in [2.45, 2.75) is 51.6 Å². The van der Waals surface area contributed by atoms with Gasteiger partial charge in [-0.2, -0.15) is 0 Å². The summed E-state index contributed by atoms with van der Waals surface area (Å²) in [5.74, 6) is 0.114. The third kappa shape index (κ3) is 4.60. The zero-order valence-electron chi connectivity index (χ0n) is 15.5. The second-order valence-electron chi connectivity index (χ2n) is 8.53. The van der Waals surface area contributed by atoms with Gasteiger partial charge in [0, 0.05) is 17.1 Å². The maximum absolute atomic E-state index is 12.3. The highest BCUT2D eigenvalue weighted by Gasteiger charge is 2.55. The molecule has 1 aliphatic carbocycles. The number of hydrogen-bond acceptors (Lipinski definition) is 3. The van der Waals surface area contributed by atoms with E-state index < -0.39 is 0 Å². The summed E-state index contributed by atoms with van der Waals surface area (Å²) >= 11 is 0. The molecular formula is C20H29N3O2. The van der Waals surface area contributed by atoms with Crippen molar-refractivity contribution >= 4 is 11.8 Å². The lowest BCUT2D eigenvalue weighted by Gasteiger charge is -2.33. The van der Waals surface area contributed by atoms with Crippen molar-refractivity contribution in [3.63, 3.8) is 0 Å². The molecule has 1 atom stereocenters. The Morgan fingerprint density at radius 1 is 1.16 bits per heavy atom. The van der Waals surface area contributed by atoms with Gasteiger partial charge in [-0.05, 0) is 70.7 Å². The molecule has 3 rings (SSSR count). The minimum absolute atomic E-state index is 0.0226. The zero-order valence-corrected chi connectivity index (χ0v) is 15.5. The molecule has 0 aromatic heterocycles. The predicted molar refractivity (Wildman–Crippen MR) is 98.3 cm³/mol. The number of amides is 2. The van der Waals surface area contributed by atoms with E-state index in [-0.39, 0.29) is 28.8 Å². The Hall–Kier alpha value is -1.88. The van der Waals surface area contributed by atoms with Gasteiger partial charge in [-0.25, -0.2) is 0 Å². The first-order valence-corrected chi connectivity index (χ1v) is 9.17. The van der Waals surface area contributed by atoms with Crippen molar-refractivity contribution in [2.75, 3.05) is 19.6 Å². The number of likely N-dealkylation sites (tertiary alicyclic amines) is 1. The number of carbonyl (C=O) groups excluding carboxylic acids is 2. The summed E-state index contributed by atoms with van der Waals surface area (Å²) in [6.07, 6.45) is 3.17. The highest BCUT2D eigenvalue weighted by molar-refractivity contribution is 5.94. The molecule has 0 bridgehead atoms.